The number of hydrogen-bond donors (Lipinski definition) is 1. The normalized spacial score (nSPS) is 16.5. The maximum Gasteiger partial charge on any atom is 0.301 e. The van der Waals surface area contributed by atoms with Crippen LogP contribution in [0.15, 0.2) is 17.0 Å². The summed E-state index contributed by atoms with van der Waals surface area (Å²) in [6.45, 7) is 4.09. The van der Waals surface area contributed by atoms with Gasteiger partial charge in [0.25, 0.3) is 0 Å². The van der Waals surface area contributed by atoms with E-state index in [4.69, 9.17) is 0 Å². The van der Waals surface area contributed by atoms with Crippen molar-refractivity contribution in [3.05, 3.63) is 11.9 Å². The van der Waals surface area contributed by atoms with E-state index in [1.165, 1.54) is 44.9 Å². The van der Waals surface area contributed by atoms with Gasteiger partial charge in [0.2, 0.25) is 0 Å². The maximum atomic E-state index is 12.7. The van der Waals surface area contributed by atoms with E-state index in [1.54, 1.807) is 11.2 Å². The smallest absolute Gasteiger partial charge is 0.301 e. The van der Waals surface area contributed by atoms with Crippen molar-refractivity contribution >= 4 is 6.34 Å². The van der Waals surface area contributed by atoms with Gasteiger partial charge in [-0.1, -0.05) is 50.6 Å². The fourth-order valence-electron chi connectivity index (χ4n) is 2.56. The van der Waals surface area contributed by atoms with Crippen LogP contribution in [-0.2, 0) is 0 Å². The van der Waals surface area contributed by atoms with Crippen LogP contribution in [0.3, 0.4) is 0 Å². The minimum atomic E-state index is -2.21. The Morgan fingerprint density at radius 3 is 2.26 bits per heavy atom. The van der Waals surface area contributed by atoms with Crippen LogP contribution in [0.4, 0.5) is 13.2 Å². The van der Waals surface area contributed by atoms with Crippen LogP contribution in [-0.4, -0.2) is 31.0 Å². The van der Waals surface area contributed by atoms with E-state index in [2.05, 4.69) is 12.0 Å². The Morgan fingerprint density at radius 1 is 1.04 bits per heavy atom. The zero-order valence-corrected chi connectivity index (χ0v) is 15.6. The van der Waals surface area contributed by atoms with Crippen LogP contribution in [0.1, 0.15) is 64.7 Å². The van der Waals surface area contributed by atoms with Crippen molar-refractivity contribution in [1.82, 2.24) is 4.90 Å². The summed E-state index contributed by atoms with van der Waals surface area (Å²) in [5.74, 6) is -1.31. The second-order valence-corrected chi connectivity index (χ2v) is 5.92. The molecule has 1 N–H and O–H groups in total. The number of halogens is 4. The number of hydrogen-bond acceptors (Lipinski definition) is 2. The largest absolute Gasteiger partial charge is 1.00 e. The topological polar surface area (TPSA) is 20.0 Å². The lowest BCUT2D eigenvalue weighted by molar-refractivity contribution is -0.908. The molecule has 1 unspecified atom stereocenters. The van der Waals surface area contributed by atoms with Gasteiger partial charge in [-0.25, -0.2) is 4.39 Å². The number of nitrogens with zero attached hydrogens (tertiary/aromatic N) is 2. The third-order valence-electron chi connectivity index (χ3n) is 3.93. The molecule has 1 rings (SSSR count). The van der Waals surface area contributed by atoms with E-state index in [-0.39, 0.29) is 29.9 Å². The molecule has 1 aliphatic heterocycles. The Morgan fingerprint density at radius 2 is 1.65 bits per heavy atom. The lowest BCUT2D eigenvalue weighted by Crippen LogP contribution is -3.07. The van der Waals surface area contributed by atoms with E-state index in [0.29, 0.717) is 6.67 Å². The van der Waals surface area contributed by atoms with E-state index >= 15 is 0 Å². The molecule has 1 atom stereocenters. The fraction of sp³-hybridized carbons (Fsp3) is 0.812. The highest BCUT2D eigenvalue weighted by Crippen LogP contribution is 2.13. The maximum absolute atomic E-state index is 12.7. The van der Waals surface area contributed by atoms with Gasteiger partial charge < -0.3 is 21.9 Å². The molecule has 0 aromatic rings. The minimum Gasteiger partial charge on any atom is -1.00 e. The summed E-state index contributed by atoms with van der Waals surface area (Å²) in [6, 6.07) is 0. The second kappa shape index (κ2) is 13.8. The molecule has 0 aliphatic carbocycles. The molecule has 1 aliphatic rings. The molecular formula is C16H29BrF3N3. The van der Waals surface area contributed by atoms with Gasteiger partial charge >= 0.3 is 6.08 Å². The van der Waals surface area contributed by atoms with E-state index in [0.717, 1.165) is 18.0 Å². The van der Waals surface area contributed by atoms with Crippen molar-refractivity contribution in [1.29, 1.82) is 0 Å². The number of quaternary nitrogens is 1. The van der Waals surface area contributed by atoms with Crippen LogP contribution >= 0.6 is 0 Å². The van der Waals surface area contributed by atoms with Crippen molar-refractivity contribution in [2.45, 2.75) is 64.7 Å². The van der Waals surface area contributed by atoms with Crippen molar-refractivity contribution in [2.24, 2.45) is 5.10 Å². The van der Waals surface area contributed by atoms with Crippen molar-refractivity contribution in [3.63, 3.8) is 0 Å². The molecule has 0 fully saturated rings. The van der Waals surface area contributed by atoms with Gasteiger partial charge in [-0.2, -0.15) is 13.8 Å². The summed E-state index contributed by atoms with van der Waals surface area (Å²) >= 11 is 0. The van der Waals surface area contributed by atoms with Crippen LogP contribution in [0.5, 0.6) is 0 Å². The summed E-state index contributed by atoms with van der Waals surface area (Å²) in [5, 5.41) is 5.37. The number of nitrogens with one attached hydrogen (secondary N) is 1. The molecular weight excluding hydrogens is 371 g/mol. The molecule has 7 heteroatoms. The van der Waals surface area contributed by atoms with Gasteiger partial charge in [-0.15, -0.1) is 0 Å². The Kier molecular flexibility index (Phi) is 13.5. The molecule has 0 spiro atoms. The molecule has 0 saturated carbocycles. The quantitative estimate of drug-likeness (QED) is 0.479. The van der Waals surface area contributed by atoms with Crippen LogP contribution in [0.25, 0.3) is 0 Å². The standard InChI is InChI=1S/C16H28F3N3.BrH/c1-2-3-4-5-6-7-8-9-11-22-14-21(13-20-22)12-10-15(17)16(18)19;/h13H,2-12,14H2,1H3;1H. The van der Waals surface area contributed by atoms with Gasteiger partial charge in [-0.3, -0.25) is 0 Å². The highest BCUT2D eigenvalue weighted by atomic mass is 79.9. The fourth-order valence-corrected chi connectivity index (χ4v) is 2.56. The third kappa shape index (κ3) is 10.8. The third-order valence-corrected chi connectivity index (χ3v) is 3.93. The zero-order chi connectivity index (χ0) is 16.2. The molecule has 0 saturated heterocycles. The summed E-state index contributed by atoms with van der Waals surface area (Å²) in [7, 11) is 0. The average Bonchev–Trinajstić information content (AvgIpc) is 2.95. The van der Waals surface area contributed by atoms with E-state index in [1.807, 2.05) is 0 Å². The first-order valence-electron chi connectivity index (χ1n) is 8.46. The van der Waals surface area contributed by atoms with E-state index < -0.39 is 11.9 Å². The molecule has 0 aromatic carbocycles. The first kappa shape index (κ1) is 22.4. The SMILES string of the molecule is CCCCCCCCCC[NH+]1CN(CCC(F)=C(F)F)C=N1.[Br-]. The predicted octanol–water partition coefficient (Wildman–Crippen LogP) is 0.700. The second-order valence-electron chi connectivity index (χ2n) is 5.92. The molecule has 0 radical (unpaired) electrons. The lowest BCUT2D eigenvalue weighted by atomic mass is 10.1. The Labute approximate surface area is 148 Å². The highest BCUT2D eigenvalue weighted by molar-refractivity contribution is 5.54. The van der Waals surface area contributed by atoms with Crippen molar-refractivity contribution < 1.29 is 35.2 Å². The number of unbranched alkanes of at least 4 members (excludes halogenated alkanes) is 7. The molecule has 0 amide bonds. The zero-order valence-electron chi connectivity index (χ0n) is 14.0. The Balaban J connectivity index is 0.00000484. The first-order chi connectivity index (χ1) is 10.6. The monoisotopic (exact) mass is 399 g/mol. The lowest BCUT2D eigenvalue weighted by Gasteiger charge is -2.13. The molecule has 136 valence electrons. The first-order valence-corrected chi connectivity index (χ1v) is 8.46. The summed E-state index contributed by atoms with van der Waals surface area (Å²) < 4.78 is 36.7. The van der Waals surface area contributed by atoms with Crippen molar-refractivity contribution in [3.8, 4) is 0 Å². The van der Waals surface area contributed by atoms with Gasteiger partial charge in [0.15, 0.2) is 18.8 Å². The number of rotatable bonds is 12. The predicted molar refractivity (Wildman–Crippen MR) is 83.5 cm³/mol. The van der Waals surface area contributed by atoms with Crippen LogP contribution < -0.4 is 22.0 Å². The minimum absolute atomic E-state index is 0. The van der Waals surface area contributed by atoms with Gasteiger partial charge in [0, 0.05) is 13.0 Å². The van der Waals surface area contributed by atoms with E-state index in [9.17, 15) is 13.2 Å². The molecule has 0 bridgehead atoms. The molecule has 3 nitrogen and oxygen atoms in total. The summed E-state index contributed by atoms with van der Waals surface area (Å²) in [5.41, 5.74) is 0. The Hall–Kier alpha value is -0.560. The van der Waals surface area contributed by atoms with Crippen LogP contribution in [0, 0.1) is 0 Å². The highest BCUT2D eigenvalue weighted by Gasteiger charge is 2.19. The summed E-state index contributed by atoms with van der Waals surface area (Å²) in [6.07, 6.45) is 9.41. The molecule has 1 heterocycles. The molecule has 0 aromatic heterocycles. The summed E-state index contributed by atoms with van der Waals surface area (Å²) in [4.78, 5) is 1.79. The van der Waals surface area contributed by atoms with Crippen LogP contribution in [0.2, 0.25) is 0 Å². The van der Waals surface area contributed by atoms with Gasteiger partial charge in [-0.05, 0) is 12.8 Å². The van der Waals surface area contributed by atoms with Gasteiger partial charge in [0.1, 0.15) is 6.54 Å². The van der Waals surface area contributed by atoms with Gasteiger partial charge in [0.05, 0.1) is 0 Å². The Bertz CT molecular complexity index is 360. The van der Waals surface area contributed by atoms with Crippen molar-refractivity contribution in [2.75, 3.05) is 19.8 Å². The average molecular weight is 400 g/mol. The molecule has 23 heavy (non-hydrogen) atoms.